The fourth-order valence-electron chi connectivity index (χ4n) is 2.20. The van der Waals surface area contributed by atoms with Gasteiger partial charge in [-0.05, 0) is 19.1 Å². The molecule has 1 aliphatic rings. The molecule has 1 heterocycles. The molecule has 1 aliphatic heterocycles. The third kappa shape index (κ3) is 2.01. The molecule has 0 aromatic heterocycles. The minimum Gasteiger partial charge on any atom is -0.478 e. The van der Waals surface area contributed by atoms with Crippen LogP contribution in [-0.2, 0) is 9.59 Å². The van der Waals surface area contributed by atoms with E-state index in [1.165, 1.54) is 12.1 Å². The number of nitrogens with zero attached hydrogens (tertiary/aromatic N) is 1. The highest BCUT2D eigenvalue weighted by Gasteiger charge is 2.44. The van der Waals surface area contributed by atoms with Gasteiger partial charge in [0, 0.05) is 11.8 Å². The summed E-state index contributed by atoms with van der Waals surface area (Å²) in [6.45, 7) is 5.12. The Kier molecular flexibility index (Phi) is 3.14. The zero-order valence-corrected chi connectivity index (χ0v) is 11.0. The standard InChI is InChI=1S/C14H15NO4/c1-7-4-5-11(10(6-7)14(18)19)15-12(16)8(2)9(3)13(15)17/h4-6,8-9H,1-3H3,(H,18,19). The molecule has 5 heteroatoms. The first-order chi connectivity index (χ1) is 8.84. The molecule has 0 aliphatic carbocycles. The van der Waals surface area contributed by atoms with E-state index in [4.69, 9.17) is 0 Å². The molecular formula is C14H15NO4. The highest BCUT2D eigenvalue weighted by atomic mass is 16.4. The summed E-state index contributed by atoms with van der Waals surface area (Å²) in [5.74, 6) is -2.68. The van der Waals surface area contributed by atoms with Crippen LogP contribution in [0.3, 0.4) is 0 Å². The molecule has 2 rings (SSSR count). The van der Waals surface area contributed by atoms with Crippen molar-refractivity contribution in [1.29, 1.82) is 0 Å². The van der Waals surface area contributed by atoms with E-state index in [0.717, 1.165) is 10.5 Å². The largest absolute Gasteiger partial charge is 0.478 e. The summed E-state index contributed by atoms with van der Waals surface area (Å²) in [4.78, 5) is 36.5. The maximum atomic E-state index is 12.1. The predicted molar refractivity (Wildman–Crippen MR) is 69.0 cm³/mol. The van der Waals surface area contributed by atoms with Crippen molar-refractivity contribution in [3.05, 3.63) is 29.3 Å². The summed E-state index contributed by atoms with van der Waals surface area (Å²) in [5, 5.41) is 9.21. The summed E-state index contributed by atoms with van der Waals surface area (Å²) in [6.07, 6.45) is 0. The van der Waals surface area contributed by atoms with Crippen molar-refractivity contribution in [3.63, 3.8) is 0 Å². The number of aryl methyl sites for hydroxylation is 1. The zero-order valence-electron chi connectivity index (χ0n) is 11.0. The second kappa shape index (κ2) is 4.50. The van der Waals surface area contributed by atoms with Crippen molar-refractivity contribution in [3.8, 4) is 0 Å². The lowest BCUT2D eigenvalue weighted by atomic mass is 10.00. The number of carboxylic acids is 1. The molecule has 1 fully saturated rings. The molecule has 1 saturated heterocycles. The maximum absolute atomic E-state index is 12.1. The summed E-state index contributed by atoms with van der Waals surface area (Å²) in [5.41, 5.74) is 0.897. The number of imide groups is 1. The van der Waals surface area contributed by atoms with Gasteiger partial charge in [-0.25, -0.2) is 9.69 Å². The molecule has 2 amide bonds. The van der Waals surface area contributed by atoms with Crippen LogP contribution in [-0.4, -0.2) is 22.9 Å². The lowest BCUT2D eigenvalue weighted by molar-refractivity contribution is -0.122. The molecule has 1 N–H and O–H groups in total. The predicted octanol–water partition coefficient (Wildman–Crippen LogP) is 1.84. The summed E-state index contributed by atoms with van der Waals surface area (Å²) in [6, 6.07) is 4.67. The Bertz CT molecular complexity index is 559. The molecule has 2 atom stereocenters. The molecule has 2 unspecified atom stereocenters. The van der Waals surface area contributed by atoms with Gasteiger partial charge in [0.2, 0.25) is 11.8 Å². The van der Waals surface area contributed by atoms with Crippen molar-refractivity contribution in [1.82, 2.24) is 0 Å². The summed E-state index contributed by atoms with van der Waals surface area (Å²) >= 11 is 0. The average Bonchev–Trinajstić information content (AvgIpc) is 2.54. The quantitative estimate of drug-likeness (QED) is 0.824. The Hall–Kier alpha value is -2.17. The van der Waals surface area contributed by atoms with Crippen LogP contribution in [0.25, 0.3) is 0 Å². The highest BCUT2D eigenvalue weighted by Crippen LogP contribution is 2.32. The van der Waals surface area contributed by atoms with E-state index in [-0.39, 0.29) is 23.1 Å². The average molecular weight is 261 g/mol. The van der Waals surface area contributed by atoms with Gasteiger partial charge in [0.1, 0.15) is 0 Å². The summed E-state index contributed by atoms with van der Waals surface area (Å²) in [7, 11) is 0. The fourth-order valence-corrected chi connectivity index (χ4v) is 2.20. The maximum Gasteiger partial charge on any atom is 0.337 e. The van der Waals surface area contributed by atoms with E-state index in [9.17, 15) is 19.5 Å². The minimum atomic E-state index is -1.15. The molecule has 19 heavy (non-hydrogen) atoms. The van der Waals surface area contributed by atoms with Gasteiger partial charge >= 0.3 is 5.97 Å². The van der Waals surface area contributed by atoms with Crippen molar-refractivity contribution in [2.75, 3.05) is 4.90 Å². The van der Waals surface area contributed by atoms with Crippen LogP contribution >= 0.6 is 0 Å². The monoisotopic (exact) mass is 261 g/mol. The first kappa shape index (κ1) is 13.3. The first-order valence-electron chi connectivity index (χ1n) is 6.06. The normalized spacial score (nSPS) is 23.0. The van der Waals surface area contributed by atoms with E-state index < -0.39 is 17.8 Å². The summed E-state index contributed by atoms with van der Waals surface area (Å²) < 4.78 is 0. The van der Waals surface area contributed by atoms with Crippen molar-refractivity contribution >= 4 is 23.5 Å². The van der Waals surface area contributed by atoms with Gasteiger partial charge in [-0.3, -0.25) is 9.59 Å². The van der Waals surface area contributed by atoms with Gasteiger partial charge in [-0.1, -0.05) is 25.5 Å². The van der Waals surface area contributed by atoms with E-state index in [1.807, 2.05) is 0 Å². The number of carbonyl (C=O) groups is 3. The SMILES string of the molecule is Cc1ccc(N2C(=O)C(C)C(C)C2=O)c(C(=O)O)c1. The number of carbonyl (C=O) groups excluding carboxylic acids is 2. The second-order valence-electron chi connectivity index (χ2n) is 4.91. The topological polar surface area (TPSA) is 74.7 Å². The number of carboxylic acid groups (broad SMARTS) is 1. The minimum absolute atomic E-state index is 0.0250. The van der Waals surface area contributed by atoms with E-state index in [2.05, 4.69) is 0 Å². The Morgan fingerprint density at radius 2 is 1.68 bits per heavy atom. The van der Waals surface area contributed by atoms with Crippen molar-refractivity contribution in [2.45, 2.75) is 20.8 Å². The van der Waals surface area contributed by atoms with Crippen LogP contribution in [0.2, 0.25) is 0 Å². The van der Waals surface area contributed by atoms with E-state index in [0.29, 0.717) is 0 Å². The third-order valence-corrected chi connectivity index (χ3v) is 3.59. The first-order valence-corrected chi connectivity index (χ1v) is 6.06. The van der Waals surface area contributed by atoms with Gasteiger partial charge in [0.15, 0.2) is 0 Å². The van der Waals surface area contributed by atoms with Gasteiger partial charge in [-0.2, -0.15) is 0 Å². The third-order valence-electron chi connectivity index (χ3n) is 3.59. The second-order valence-corrected chi connectivity index (χ2v) is 4.91. The highest BCUT2D eigenvalue weighted by molar-refractivity contribution is 6.23. The van der Waals surface area contributed by atoms with Gasteiger partial charge in [0.05, 0.1) is 11.3 Å². The molecule has 1 aromatic rings. The number of anilines is 1. The molecule has 1 aromatic carbocycles. The van der Waals surface area contributed by atoms with Crippen LogP contribution in [0, 0.1) is 18.8 Å². The van der Waals surface area contributed by atoms with Crippen LogP contribution in [0.1, 0.15) is 29.8 Å². The number of amides is 2. The molecule has 0 radical (unpaired) electrons. The van der Waals surface area contributed by atoms with Gasteiger partial charge in [-0.15, -0.1) is 0 Å². The smallest absolute Gasteiger partial charge is 0.337 e. The van der Waals surface area contributed by atoms with Crippen molar-refractivity contribution < 1.29 is 19.5 Å². The van der Waals surface area contributed by atoms with Crippen molar-refractivity contribution in [2.24, 2.45) is 11.8 Å². The zero-order chi connectivity index (χ0) is 14.3. The number of hydrogen-bond acceptors (Lipinski definition) is 3. The Balaban J connectivity index is 2.57. The Morgan fingerprint density at radius 3 is 2.16 bits per heavy atom. The molecule has 100 valence electrons. The van der Waals surface area contributed by atoms with Crippen LogP contribution in [0.4, 0.5) is 5.69 Å². The van der Waals surface area contributed by atoms with E-state index in [1.54, 1.807) is 26.8 Å². The lowest BCUT2D eigenvalue weighted by Gasteiger charge is -2.17. The fraction of sp³-hybridized carbons (Fsp3) is 0.357. The number of aromatic carboxylic acids is 1. The Morgan fingerprint density at radius 1 is 1.16 bits per heavy atom. The number of rotatable bonds is 2. The molecule has 0 bridgehead atoms. The van der Waals surface area contributed by atoms with Crippen LogP contribution in [0.15, 0.2) is 18.2 Å². The van der Waals surface area contributed by atoms with Gasteiger partial charge < -0.3 is 5.11 Å². The Labute approximate surface area is 110 Å². The van der Waals surface area contributed by atoms with Crippen LogP contribution in [0.5, 0.6) is 0 Å². The van der Waals surface area contributed by atoms with Crippen LogP contribution < -0.4 is 4.90 Å². The molecule has 0 saturated carbocycles. The number of hydrogen-bond donors (Lipinski definition) is 1. The molecule has 5 nitrogen and oxygen atoms in total. The molecular weight excluding hydrogens is 246 g/mol. The van der Waals surface area contributed by atoms with E-state index >= 15 is 0 Å². The molecule has 0 spiro atoms. The van der Waals surface area contributed by atoms with Gasteiger partial charge in [0.25, 0.3) is 0 Å². The number of benzene rings is 1. The lowest BCUT2D eigenvalue weighted by Crippen LogP contribution is -2.32.